The molecule has 0 heterocycles. The largest absolute Gasteiger partial charge is 0.335 e. The predicted octanol–water partition coefficient (Wildman–Crippen LogP) is 3.60. The van der Waals surface area contributed by atoms with Gasteiger partial charge >= 0.3 is 6.03 Å². The summed E-state index contributed by atoms with van der Waals surface area (Å²) in [7, 11) is 0. The highest BCUT2D eigenvalue weighted by Gasteiger charge is 2.07. The van der Waals surface area contributed by atoms with Crippen LogP contribution in [-0.2, 0) is 0 Å². The number of rotatable bonds is 4. The summed E-state index contributed by atoms with van der Waals surface area (Å²) in [6.45, 7) is 4.12. The first-order valence-electron chi connectivity index (χ1n) is 5.45. The van der Waals surface area contributed by atoms with Crippen molar-refractivity contribution in [3.8, 4) is 0 Å². The Kier molecular flexibility index (Phi) is 5.59. The molecular weight excluding hydrogens is 315 g/mol. The molecule has 0 spiro atoms. The molecule has 0 bridgehead atoms. The number of hydrogen-bond acceptors (Lipinski definition) is 1. The van der Waals surface area contributed by atoms with Crippen molar-refractivity contribution < 1.29 is 4.79 Å². The van der Waals surface area contributed by atoms with Crippen LogP contribution < -0.4 is 10.6 Å². The molecule has 0 aliphatic carbocycles. The number of urea groups is 1. The van der Waals surface area contributed by atoms with Crippen molar-refractivity contribution in [3.05, 3.63) is 27.8 Å². The van der Waals surface area contributed by atoms with Gasteiger partial charge in [0.15, 0.2) is 0 Å². The third kappa shape index (κ3) is 4.38. The van der Waals surface area contributed by atoms with E-state index in [4.69, 9.17) is 0 Å². The molecule has 1 aromatic carbocycles. The van der Waals surface area contributed by atoms with Gasteiger partial charge in [-0.1, -0.05) is 25.5 Å². The van der Waals surface area contributed by atoms with Gasteiger partial charge in [-0.05, 0) is 48.1 Å². The molecule has 0 saturated heterocycles. The van der Waals surface area contributed by atoms with Gasteiger partial charge in [-0.15, -0.1) is 0 Å². The Hall–Kier alpha value is -0.780. The fourth-order valence-corrected chi connectivity index (χ4v) is 1.97. The van der Waals surface area contributed by atoms with Crippen LogP contribution in [0.4, 0.5) is 10.5 Å². The van der Waals surface area contributed by atoms with Crippen LogP contribution in [0.25, 0.3) is 0 Å². The summed E-state index contributed by atoms with van der Waals surface area (Å²) >= 11 is 2.20. The smallest absolute Gasteiger partial charge is 0.319 e. The average molecular weight is 332 g/mol. The average Bonchev–Trinajstić information content (AvgIpc) is 2.21. The van der Waals surface area contributed by atoms with Gasteiger partial charge in [-0.3, -0.25) is 0 Å². The van der Waals surface area contributed by atoms with E-state index < -0.39 is 0 Å². The molecule has 0 aromatic heterocycles. The summed E-state index contributed by atoms with van der Waals surface area (Å²) in [6, 6.07) is 7.80. The molecule has 1 aromatic rings. The number of para-hydroxylation sites is 1. The summed E-state index contributed by atoms with van der Waals surface area (Å²) in [5.74, 6) is 0. The second-order valence-corrected chi connectivity index (χ2v) is 4.93. The van der Waals surface area contributed by atoms with E-state index >= 15 is 0 Å². The minimum absolute atomic E-state index is 0.134. The highest BCUT2D eigenvalue weighted by molar-refractivity contribution is 14.1. The van der Waals surface area contributed by atoms with E-state index in [2.05, 4.69) is 40.1 Å². The first-order valence-corrected chi connectivity index (χ1v) is 6.53. The van der Waals surface area contributed by atoms with Gasteiger partial charge in [0.25, 0.3) is 0 Å². The van der Waals surface area contributed by atoms with Crippen molar-refractivity contribution in [1.29, 1.82) is 0 Å². The number of benzene rings is 1. The van der Waals surface area contributed by atoms with Gasteiger partial charge in [0, 0.05) is 9.61 Å². The van der Waals surface area contributed by atoms with Crippen molar-refractivity contribution in [2.45, 2.75) is 32.7 Å². The number of amides is 2. The Balaban J connectivity index is 2.49. The number of carbonyl (C=O) groups is 1. The molecule has 0 unspecified atom stereocenters. The molecule has 1 atom stereocenters. The normalized spacial score (nSPS) is 11.9. The fraction of sp³-hybridized carbons (Fsp3) is 0.417. The van der Waals surface area contributed by atoms with Gasteiger partial charge in [0.05, 0.1) is 5.69 Å². The maximum Gasteiger partial charge on any atom is 0.319 e. The van der Waals surface area contributed by atoms with Crippen LogP contribution in [0.5, 0.6) is 0 Å². The Morgan fingerprint density at radius 1 is 1.44 bits per heavy atom. The van der Waals surface area contributed by atoms with E-state index in [0.29, 0.717) is 0 Å². The van der Waals surface area contributed by atoms with Crippen molar-refractivity contribution in [2.75, 3.05) is 5.32 Å². The standard InChI is InChI=1S/C12H17IN2O/c1-3-6-9(2)14-12(16)15-11-8-5-4-7-10(11)13/h4-5,7-9H,3,6H2,1-2H3,(H2,14,15,16)/t9-/m1/s1. The van der Waals surface area contributed by atoms with E-state index in [1.807, 2.05) is 31.2 Å². The minimum Gasteiger partial charge on any atom is -0.335 e. The Morgan fingerprint density at radius 3 is 2.75 bits per heavy atom. The quantitative estimate of drug-likeness (QED) is 0.813. The lowest BCUT2D eigenvalue weighted by molar-refractivity contribution is 0.248. The molecule has 4 heteroatoms. The Labute approximate surface area is 110 Å². The molecule has 0 aliphatic heterocycles. The zero-order chi connectivity index (χ0) is 12.0. The highest BCUT2D eigenvalue weighted by Crippen LogP contribution is 2.16. The number of hydrogen-bond donors (Lipinski definition) is 2. The molecule has 3 nitrogen and oxygen atoms in total. The van der Waals surface area contributed by atoms with E-state index in [1.54, 1.807) is 0 Å². The summed E-state index contributed by atoms with van der Waals surface area (Å²) < 4.78 is 1.04. The first kappa shape index (κ1) is 13.3. The molecule has 2 N–H and O–H groups in total. The molecule has 88 valence electrons. The van der Waals surface area contributed by atoms with Crippen LogP contribution in [0.2, 0.25) is 0 Å². The number of halogens is 1. The lowest BCUT2D eigenvalue weighted by atomic mass is 10.2. The summed E-state index contributed by atoms with van der Waals surface area (Å²) in [5, 5.41) is 5.75. The molecule has 16 heavy (non-hydrogen) atoms. The first-order chi connectivity index (χ1) is 7.63. The fourth-order valence-electron chi connectivity index (χ4n) is 1.45. The molecule has 0 saturated carbocycles. The van der Waals surface area contributed by atoms with Crippen molar-refractivity contribution in [1.82, 2.24) is 5.32 Å². The third-order valence-corrected chi connectivity index (χ3v) is 3.16. The maximum absolute atomic E-state index is 11.6. The van der Waals surface area contributed by atoms with Crippen molar-refractivity contribution in [3.63, 3.8) is 0 Å². The topological polar surface area (TPSA) is 41.1 Å². The van der Waals surface area contributed by atoms with Gasteiger partial charge in [-0.25, -0.2) is 4.79 Å². The van der Waals surface area contributed by atoms with Crippen LogP contribution in [0.1, 0.15) is 26.7 Å². The SMILES string of the molecule is CCC[C@@H](C)NC(=O)Nc1ccccc1I. The van der Waals surface area contributed by atoms with Crippen LogP contribution in [-0.4, -0.2) is 12.1 Å². The molecular formula is C12H17IN2O. The Bertz CT molecular complexity index is 355. The van der Waals surface area contributed by atoms with E-state index in [-0.39, 0.29) is 12.1 Å². The summed E-state index contributed by atoms with van der Waals surface area (Å²) in [4.78, 5) is 11.6. The molecule has 0 radical (unpaired) electrons. The lowest BCUT2D eigenvalue weighted by Gasteiger charge is -2.14. The zero-order valence-corrected chi connectivity index (χ0v) is 11.7. The third-order valence-electron chi connectivity index (χ3n) is 2.22. The summed E-state index contributed by atoms with van der Waals surface area (Å²) in [6.07, 6.45) is 2.07. The van der Waals surface area contributed by atoms with Crippen LogP contribution in [0, 0.1) is 3.57 Å². The van der Waals surface area contributed by atoms with Crippen molar-refractivity contribution in [2.24, 2.45) is 0 Å². The number of anilines is 1. The van der Waals surface area contributed by atoms with Gasteiger partial charge in [0.1, 0.15) is 0 Å². The Morgan fingerprint density at radius 2 is 2.12 bits per heavy atom. The van der Waals surface area contributed by atoms with Crippen LogP contribution in [0.15, 0.2) is 24.3 Å². The predicted molar refractivity (Wildman–Crippen MR) is 75.7 cm³/mol. The zero-order valence-electron chi connectivity index (χ0n) is 9.59. The van der Waals surface area contributed by atoms with Gasteiger partial charge in [-0.2, -0.15) is 0 Å². The van der Waals surface area contributed by atoms with Crippen molar-refractivity contribution >= 4 is 34.3 Å². The molecule has 1 rings (SSSR count). The van der Waals surface area contributed by atoms with Crippen LogP contribution >= 0.6 is 22.6 Å². The van der Waals surface area contributed by atoms with E-state index in [9.17, 15) is 4.79 Å². The molecule has 0 fully saturated rings. The highest BCUT2D eigenvalue weighted by atomic mass is 127. The minimum atomic E-state index is -0.134. The second kappa shape index (κ2) is 6.73. The van der Waals surface area contributed by atoms with E-state index in [1.165, 1.54) is 0 Å². The van der Waals surface area contributed by atoms with Crippen LogP contribution in [0.3, 0.4) is 0 Å². The summed E-state index contributed by atoms with van der Waals surface area (Å²) in [5.41, 5.74) is 0.851. The second-order valence-electron chi connectivity index (χ2n) is 3.77. The molecule has 2 amide bonds. The van der Waals surface area contributed by atoms with E-state index in [0.717, 1.165) is 22.1 Å². The molecule has 0 aliphatic rings. The number of nitrogens with one attached hydrogen (secondary N) is 2. The number of carbonyl (C=O) groups excluding carboxylic acids is 1. The monoisotopic (exact) mass is 332 g/mol. The lowest BCUT2D eigenvalue weighted by Crippen LogP contribution is -2.36. The van der Waals surface area contributed by atoms with Gasteiger partial charge < -0.3 is 10.6 Å². The maximum atomic E-state index is 11.6. The van der Waals surface area contributed by atoms with Gasteiger partial charge in [0.2, 0.25) is 0 Å².